The first-order valence-electron chi connectivity index (χ1n) is 5.73. The zero-order chi connectivity index (χ0) is 13.7. The molecule has 0 saturated carbocycles. The van der Waals surface area contributed by atoms with Crippen molar-refractivity contribution >= 4 is 21.6 Å². The topological polar surface area (TPSA) is 87.4 Å². The summed E-state index contributed by atoms with van der Waals surface area (Å²) in [6, 6.07) is -0.511. The quantitative estimate of drug-likeness (QED) is 0.707. The SMILES string of the molecule is CC(C)Cn1ncc(NC(CO)CO)c(Br)c1=O. The molecule has 0 amide bonds. The van der Waals surface area contributed by atoms with Gasteiger partial charge in [0.05, 0.1) is 31.1 Å². The Kier molecular flexibility index (Phi) is 5.77. The molecule has 7 heteroatoms. The third-order valence-electron chi connectivity index (χ3n) is 2.32. The molecule has 0 spiro atoms. The van der Waals surface area contributed by atoms with Crippen LogP contribution in [0.1, 0.15) is 13.8 Å². The average molecular weight is 320 g/mol. The number of halogens is 1. The molecule has 6 nitrogen and oxygen atoms in total. The van der Waals surface area contributed by atoms with Crippen LogP contribution >= 0.6 is 15.9 Å². The third kappa shape index (κ3) is 3.79. The predicted molar refractivity (Wildman–Crippen MR) is 72.6 cm³/mol. The third-order valence-corrected chi connectivity index (χ3v) is 3.09. The maximum Gasteiger partial charge on any atom is 0.283 e. The van der Waals surface area contributed by atoms with Gasteiger partial charge in [0, 0.05) is 6.54 Å². The molecule has 0 aromatic carbocycles. The first-order valence-corrected chi connectivity index (χ1v) is 6.52. The van der Waals surface area contributed by atoms with E-state index in [9.17, 15) is 4.79 Å². The fourth-order valence-corrected chi connectivity index (χ4v) is 1.83. The van der Waals surface area contributed by atoms with E-state index in [1.165, 1.54) is 10.9 Å². The Balaban J connectivity index is 2.97. The zero-order valence-electron chi connectivity index (χ0n) is 10.4. The van der Waals surface area contributed by atoms with E-state index in [4.69, 9.17) is 10.2 Å². The van der Waals surface area contributed by atoms with Gasteiger partial charge < -0.3 is 15.5 Å². The number of hydrogen-bond acceptors (Lipinski definition) is 5. The van der Waals surface area contributed by atoms with Gasteiger partial charge in [0.1, 0.15) is 4.47 Å². The van der Waals surface area contributed by atoms with Gasteiger partial charge in [-0.1, -0.05) is 13.8 Å². The van der Waals surface area contributed by atoms with Gasteiger partial charge in [-0.05, 0) is 21.8 Å². The molecule has 1 aromatic heterocycles. The monoisotopic (exact) mass is 319 g/mol. The molecule has 0 aliphatic carbocycles. The van der Waals surface area contributed by atoms with Crippen molar-refractivity contribution in [1.29, 1.82) is 0 Å². The van der Waals surface area contributed by atoms with Crippen molar-refractivity contribution in [3.05, 3.63) is 21.0 Å². The minimum atomic E-state index is -0.511. The summed E-state index contributed by atoms with van der Waals surface area (Å²) in [5.74, 6) is 0.323. The second-order valence-electron chi connectivity index (χ2n) is 4.46. The molecule has 1 heterocycles. The van der Waals surface area contributed by atoms with E-state index < -0.39 is 6.04 Å². The highest BCUT2D eigenvalue weighted by molar-refractivity contribution is 9.10. The summed E-state index contributed by atoms with van der Waals surface area (Å²) in [5, 5.41) is 24.9. The number of aromatic nitrogens is 2. The lowest BCUT2D eigenvalue weighted by molar-refractivity contribution is 0.204. The van der Waals surface area contributed by atoms with Crippen LogP contribution in [0.15, 0.2) is 15.5 Å². The lowest BCUT2D eigenvalue weighted by atomic mass is 10.2. The second kappa shape index (κ2) is 6.86. The molecule has 0 fully saturated rings. The zero-order valence-corrected chi connectivity index (χ0v) is 12.0. The minimum absolute atomic E-state index is 0.224. The molecule has 18 heavy (non-hydrogen) atoms. The van der Waals surface area contributed by atoms with E-state index in [1.54, 1.807) is 0 Å². The molecule has 0 radical (unpaired) electrons. The van der Waals surface area contributed by atoms with Gasteiger partial charge in [0.15, 0.2) is 0 Å². The maximum absolute atomic E-state index is 12.0. The molecule has 0 aliphatic rings. The predicted octanol–water partition coefficient (Wildman–Crippen LogP) is 0.427. The van der Waals surface area contributed by atoms with Crippen LogP contribution in [0.25, 0.3) is 0 Å². The van der Waals surface area contributed by atoms with Crippen LogP contribution in [-0.4, -0.2) is 39.2 Å². The van der Waals surface area contributed by atoms with Gasteiger partial charge in [-0.3, -0.25) is 4.79 Å². The number of rotatable bonds is 6. The Hall–Kier alpha value is -0.920. The Labute approximate surface area is 114 Å². The molecule has 0 aliphatic heterocycles. The van der Waals surface area contributed by atoms with Crippen LogP contribution in [0.5, 0.6) is 0 Å². The highest BCUT2D eigenvalue weighted by Crippen LogP contribution is 2.17. The van der Waals surface area contributed by atoms with Gasteiger partial charge >= 0.3 is 0 Å². The summed E-state index contributed by atoms with van der Waals surface area (Å²) in [6.07, 6.45) is 1.51. The summed E-state index contributed by atoms with van der Waals surface area (Å²) >= 11 is 3.21. The first kappa shape index (κ1) is 15.1. The summed E-state index contributed by atoms with van der Waals surface area (Å²) in [5.41, 5.74) is 0.233. The molecule has 102 valence electrons. The van der Waals surface area contributed by atoms with Gasteiger partial charge in [0.2, 0.25) is 0 Å². The molecule has 0 bridgehead atoms. The van der Waals surface area contributed by atoms with Gasteiger partial charge in [-0.25, -0.2) is 4.68 Å². The fraction of sp³-hybridized carbons (Fsp3) is 0.636. The largest absolute Gasteiger partial charge is 0.394 e. The van der Waals surface area contributed by atoms with Crippen LogP contribution in [0.2, 0.25) is 0 Å². The van der Waals surface area contributed by atoms with Crippen LogP contribution in [0.3, 0.4) is 0 Å². The summed E-state index contributed by atoms with van der Waals surface area (Å²) in [7, 11) is 0. The lowest BCUT2D eigenvalue weighted by Gasteiger charge is -2.16. The van der Waals surface area contributed by atoms with Crippen LogP contribution in [0.4, 0.5) is 5.69 Å². The molecule has 0 saturated heterocycles. The van der Waals surface area contributed by atoms with Crippen molar-refractivity contribution in [2.24, 2.45) is 5.92 Å². The molecule has 1 aromatic rings. The number of aliphatic hydroxyl groups excluding tert-OH is 2. The van der Waals surface area contributed by atoms with Crippen LogP contribution in [-0.2, 0) is 6.54 Å². The molecular weight excluding hydrogens is 302 g/mol. The van der Waals surface area contributed by atoms with Crippen molar-refractivity contribution in [3.63, 3.8) is 0 Å². The number of nitrogens with one attached hydrogen (secondary N) is 1. The van der Waals surface area contributed by atoms with E-state index >= 15 is 0 Å². The van der Waals surface area contributed by atoms with E-state index in [0.717, 1.165) is 0 Å². The Bertz CT molecular complexity index is 444. The van der Waals surface area contributed by atoms with Crippen molar-refractivity contribution in [2.75, 3.05) is 18.5 Å². The molecule has 1 rings (SSSR count). The second-order valence-corrected chi connectivity index (χ2v) is 5.25. The van der Waals surface area contributed by atoms with E-state index in [1.807, 2.05) is 13.8 Å². The van der Waals surface area contributed by atoms with Crippen LogP contribution in [0, 0.1) is 5.92 Å². The molecule has 0 unspecified atom stereocenters. The van der Waals surface area contributed by atoms with Crippen molar-refractivity contribution < 1.29 is 10.2 Å². The van der Waals surface area contributed by atoms with Crippen molar-refractivity contribution in [2.45, 2.75) is 26.4 Å². The molecular formula is C11H18BrN3O3. The fourth-order valence-electron chi connectivity index (χ4n) is 1.41. The summed E-state index contributed by atoms with van der Waals surface area (Å²) in [6.45, 7) is 4.10. The highest BCUT2D eigenvalue weighted by atomic mass is 79.9. The smallest absolute Gasteiger partial charge is 0.283 e. The van der Waals surface area contributed by atoms with E-state index in [-0.39, 0.29) is 18.8 Å². The Morgan fingerprint density at radius 1 is 1.44 bits per heavy atom. The first-order chi connectivity index (χ1) is 8.49. The Morgan fingerprint density at radius 3 is 2.56 bits per heavy atom. The maximum atomic E-state index is 12.0. The van der Waals surface area contributed by atoms with Gasteiger partial charge in [0.25, 0.3) is 5.56 Å². The number of nitrogens with zero attached hydrogens (tertiary/aromatic N) is 2. The number of aliphatic hydroxyl groups is 2. The summed E-state index contributed by atoms with van der Waals surface area (Å²) in [4.78, 5) is 12.0. The van der Waals surface area contributed by atoms with E-state index in [0.29, 0.717) is 22.6 Å². The Morgan fingerprint density at radius 2 is 2.06 bits per heavy atom. The number of hydrogen-bond donors (Lipinski definition) is 3. The standard InChI is InChI=1S/C11H18BrN3O3/c1-7(2)4-15-11(18)10(12)9(3-13-15)14-8(5-16)6-17/h3,7-8,14,16-17H,4-6H2,1-2H3. The molecule has 0 atom stereocenters. The van der Waals surface area contributed by atoms with Crippen molar-refractivity contribution in [1.82, 2.24) is 9.78 Å². The van der Waals surface area contributed by atoms with E-state index in [2.05, 4.69) is 26.3 Å². The van der Waals surface area contributed by atoms with Crippen LogP contribution < -0.4 is 10.9 Å². The minimum Gasteiger partial charge on any atom is -0.394 e. The lowest BCUT2D eigenvalue weighted by Crippen LogP contribution is -2.31. The number of anilines is 1. The highest BCUT2D eigenvalue weighted by Gasteiger charge is 2.13. The summed E-state index contributed by atoms with van der Waals surface area (Å²) < 4.78 is 1.73. The average Bonchev–Trinajstić information content (AvgIpc) is 2.34. The van der Waals surface area contributed by atoms with Gasteiger partial charge in [-0.2, -0.15) is 5.10 Å². The van der Waals surface area contributed by atoms with Crippen molar-refractivity contribution in [3.8, 4) is 0 Å². The van der Waals surface area contributed by atoms with Gasteiger partial charge in [-0.15, -0.1) is 0 Å². The molecule has 3 N–H and O–H groups in total. The normalized spacial score (nSPS) is 11.3.